The summed E-state index contributed by atoms with van der Waals surface area (Å²) in [5.74, 6) is 0.410. The van der Waals surface area contributed by atoms with Crippen molar-refractivity contribution in [3.8, 4) is 0 Å². The number of halogens is 1. The fourth-order valence-corrected chi connectivity index (χ4v) is 2.50. The van der Waals surface area contributed by atoms with Crippen molar-refractivity contribution >= 4 is 18.4 Å². The van der Waals surface area contributed by atoms with E-state index in [0.717, 1.165) is 26.2 Å². The highest BCUT2D eigenvalue weighted by Crippen LogP contribution is 2.18. The van der Waals surface area contributed by atoms with Gasteiger partial charge in [-0.15, -0.1) is 12.4 Å². The Hall–Kier alpha value is -1.10. The second kappa shape index (κ2) is 8.25. The molecule has 2 N–H and O–H groups in total. The number of methoxy groups -OCH3 is 1. The van der Waals surface area contributed by atoms with Crippen molar-refractivity contribution in [2.24, 2.45) is 11.7 Å². The van der Waals surface area contributed by atoms with Crippen LogP contribution in [0.4, 0.5) is 0 Å². The van der Waals surface area contributed by atoms with Crippen LogP contribution >= 0.6 is 12.4 Å². The molecule has 1 fully saturated rings. The van der Waals surface area contributed by atoms with E-state index >= 15 is 0 Å². The molecule has 0 unspecified atom stereocenters. The van der Waals surface area contributed by atoms with E-state index in [4.69, 9.17) is 5.73 Å². The number of likely N-dealkylation sites (tertiary alicyclic amines) is 1. The molecule has 1 aliphatic heterocycles. The minimum Gasteiger partial charge on any atom is -0.465 e. The summed E-state index contributed by atoms with van der Waals surface area (Å²) in [6, 6.07) is 7.66. The van der Waals surface area contributed by atoms with E-state index in [-0.39, 0.29) is 18.4 Å². The molecule has 0 saturated carbocycles. The Balaban J connectivity index is 0.00000200. The molecule has 0 aliphatic carbocycles. The number of hydrogen-bond acceptors (Lipinski definition) is 4. The topological polar surface area (TPSA) is 55.6 Å². The summed E-state index contributed by atoms with van der Waals surface area (Å²) in [6.45, 7) is 3.97. The van der Waals surface area contributed by atoms with E-state index in [1.54, 1.807) is 0 Å². The maximum absolute atomic E-state index is 11.3. The molecular weight excluding hydrogens is 276 g/mol. The predicted octanol–water partition coefficient (Wildman–Crippen LogP) is 2.07. The Kier molecular flexibility index (Phi) is 6.99. The van der Waals surface area contributed by atoms with Gasteiger partial charge in [-0.2, -0.15) is 0 Å². The number of esters is 1. The normalized spacial score (nSPS) is 16.5. The molecule has 5 heteroatoms. The molecular formula is C15H23ClN2O2. The zero-order valence-corrected chi connectivity index (χ0v) is 12.7. The van der Waals surface area contributed by atoms with Crippen LogP contribution in [-0.4, -0.2) is 37.6 Å². The quantitative estimate of drug-likeness (QED) is 0.865. The zero-order chi connectivity index (χ0) is 13.7. The highest BCUT2D eigenvalue weighted by atomic mass is 35.5. The van der Waals surface area contributed by atoms with E-state index in [1.807, 2.05) is 24.3 Å². The van der Waals surface area contributed by atoms with Crippen LogP contribution in [-0.2, 0) is 11.3 Å². The lowest BCUT2D eigenvalue weighted by molar-refractivity contribution is 0.0600. The molecule has 0 spiro atoms. The van der Waals surface area contributed by atoms with Crippen LogP contribution in [0.25, 0.3) is 0 Å². The highest BCUT2D eigenvalue weighted by molar-refractivity contribution is 5.89. The number of hydrogen-bond donors (Lipinski definition) is 1. The molecule has 0 atom stereocenters. The van der Waals surface area contributed by atoms with Crippen LogP contribution in [0, 0.1) is 5.92 Å². The first kappa shape index (κ1) is 17.0. The van der Waals surface area contributed by atoms with Crippen molar-refractivity contribution in [1.82, 2.24) is 4.90 Å². The van der Waals surface area contributed by atoms with Crippen molar-refractivity contribution in [3.63, 3.8) is 0 Å². The third-order valence-electron chi connectivity index (χ3n) is 3.82. The van der Waals surface area contributed by atoms with Crippen LogP contribution in [0.3, 0.4) is 0 Å². The van der Waals surface area contributed by atoms with Crippen molar-refractivity contribution in [3.05, 3.63) is 35.4 Å². The molecule has 0 amide bonds. The lowest BCUT2D eigenvalue weighted by atomic mass is 9.97. The molecule has 20 heavy (non-hydrogen) atoms. The molecule has 0 bridgehead atoms. The van der Waals surface area contributed by atoms with Crippen LogP contribution in [0.1, 0.15) is 28.8 Å². The van der Waals surface area contributed by atoms with Gasteiger partial charge in [-0.3, -0.25) is 4.90 Å². The Morgan fingerprint density at radius 3 is 2.40 bits per heavy atom. The molecule has 0 aromatic heterocycles. The van der Waals surface area contributed by atoms with E-state index in [0.29, 0.717) is 11.5 Å². The van der Waals surface area contributed by atoms with Gasteiger partial charge in [-0.25, -0.2) is 4.79 Å². The number of rotatable bonds is 4. The first-order valence-electron chi connectivity index (χ1n) is 6.82. The SMILES string of the molecule is COC(=O)c1ccc(CN2CCC(CN)CC2)cc1.Cl. The second-order valence-electron chi connectivity index (χ2n) is 5.14. The molecule has 0 radical (unpaired) electrons. The third-order valence-corrected chi connectivity index (χ3v) is 3.82. The van der Waals surface area contributed by atoms with E-state index in [1.165, 1.54) is 25.5 Å². The molecule has 112 valence electrons. The van der Waals surface area contributed by atoms with Gasteiger partial charge >= 0.3 is 5.97 Å². The van der Waals surface area contributed by atoms with E-state index in [2.05, 4.69) is 9.64 Å². The first-order chi connectivity index (χ1) is 9.22. The van der Waals surface area contributed by atoms with Crippen LogP contribution in [0.5, 0.6) is 0 Å². The van der Waals surface area contributed by atoms with Gasteiger partial charge in [0.05, 0.1) is 12.7 Å². The van der Waals surface area contributed by atoms with E-state index < -0.39 is 0 Å². The number of ether oxygens (including phenoxy) is 1. The van der Waals surface area contributed by atoms with Crippen LogP contribution in [0.2, 0.25) is 0 Å². The summed E-state index contributed by atoms with van der Waals surface area (Å²) in [7, 11) is 1.40. The molecule has 1 aromatic carbocycles. The minimum absolute atomic E-state index is 0. The molecule has 1 heterocycles. The summed E-state index contributed by atoms with van der Waals surface area (Å²) in [4.78, 5) is 13.8. The van der Waals surface area contributed by atoms with Gasteiger partial charge in [0, 0.05) is 6.54 Å². The number of carbonyl (C=O) groups excluding carboxylic acids is 1. The first-order valence-corrected chi connectivity index (χ1v) is 6.82. The maximum atomic E-state index is 11.3. The second-order valence-corrected chi connectivity index (χ2v) is 5.14. The summed E-state index contributed by atoms with van der Waals surface area (Å²) in [5, 5.41) is 0. The largest absolute Gasteiger partial charge is 0.465 e. The molecule has 1 aromatic rings. The number of piperidine rings is 1. The van der Waals surface area contributed by atoms with Crippen molar-refractivity contribution in [2.45, 2.75) is 19.4 Å². The van der Waals surface area contributed by atoms with E-state index in [9.17, 15) is 4.79 Å². The fourth-order valence-electron chi connectivity index (χ4n) is 2.50. The summed E-state index contributed by atoms with van der Waals surface area (Å²) >= 11 is 0. The van der Waals surface area contributed by atoms with Gasteiger partial charge in [-0.05, 0) is 56.1 Å². The Morgan fingerprint density at radius 2 is 1.90 bits per heavy atom. The smallest absolute Gasteiger partial charge is 0.337 e. The Morgan fingerprint density at radius 1 is 1.30 bits per heavy atom. The monoisotopic (exact) mass is 298 g/mol. The number of carbonyl (C=O) groups is 1. The zero-order valence-electron chi connectivity index (χ0n) is 11.9. The Labute approximate surface area is 126 Å². The molecule has 2 rings (SSSR count). The van der Waals surface area contributed by atoms with Crippen molar-refractivity contribution < 1.29 is 9.53 Å². The lowest BCUT2D eigenvalue weighted by Crippen LogP contribution is -2.35. The summed E-state index contributed by atoms with van der Waals surface area (Å²) < 4.78 is 4.69. The van der Waals surface area contributed by atoms with Gasteiger partial charge in [0.25, 0.3) is 0 Å². The third kappa shape index (κ3) is 4.47. The Bertz CT molecular complexity index is 414. The summed E-state index contributed by atoms with van der Waals surface area (Å²) in [6.07, 6.45) is 2.38. The summed E-state index contributed by atoms with van der Waals surface area (Å²) in [5.41, 5.74) is 7.54. The van der Waals surface area contributed by atoms with Crippen molar-refractivity contribution in [2.75, 3.05) is 26.7 Å². The maximum Gasteiger partial charge on any atom is 0.337 e. The molecule has 4 nitrogen and oxygen atoms in total. The predicted molar refractivity (Wildman–Crippen MR) is 82.1 cm³/mol. The average Bonchev–Trinajstić information content (AvgIpc) is 2.48. The van der Waals surface area contributed by atoms with Gasteiger partial charge < -0.3 is 10.5 Å². The average molecular weight is 299 g/mol. The number of benzene rings is 1. The minimum atomic E-state index is -0.282. The molecule has 1 saturated heterocycles. The number of nitrogens with two attached hydrogens (primary N) is 1. The van der Waals surface area contributed by atoms with Crippen LogP contribution < -0.4 is 5.73 Å². The van der Waals surface area contributed by atoms with Crippen molar-refractivity contribution in [1.29, 1.82) is 0 Å². The highest BCUT2D eigenvalue weighted by Gasteiger charge is 2.17. The van der Waals surface area contributed by atoms with Gasteiger partial charge in [0.15, 0.2) is 0 Å². The van der Waals surface area contributed by atoms with Gasteiger partial charge in [0.2, 0.25) is 0 Å². The standard InChI is InChI=1S/C15H22N2O2.ClH/c1-19-15(18)14-4-2-13(3-5-14)11-17-8-6-12(10-16)7-9-17;/h2-5,12H,6-11,16H2,1H3;1H. The molecule has 1 aliphatic rings. The van der Waals surface area contributed by atoms with Gasteiger partial charge in [0.1, 0.15) is 0 Å². The lowest BCUT2D eigenvalue weighted by Gasteiger charge is -2.31. The fraction of sp³-hybridized carbons (Fsp3) is 0.533. The van der Waals surface area contributed by atoms with Crippen LogP contribution in [0.15, 0.2) is 24.3 Å². The number of nitrogens with zero attached hydrogens (tertiary/aromatic N) is 1. The van der Waals surface area contributed by atoms with Gasteiger partial charge in [-0.1, -0.05) is 12.1 Å².